The minimum atomic E-state index is -0.277. The highest BCUT2D eigenvalue weighted by atomic mass is 35.5. The summed E-state index contributed by atoms with van der Waals surface area (Å²) >= 11 is 6.06. The summed E-state index contributed by atoms with van der Waals surface area (Å²) in [6, 6.07) is 13.8. The first-order valence-electron chi connectivity index (χ1n) is 6.80. The zero-order chi connectivity index (χ0) is 15.5. The topological polar surface area (TPSA) is 56.7 Å². The maximum absolute atomic E-state index is 13.3. The Morgan fingerprint density at radius 3 is 2.68 bits per heavy atom. The number of nitrogens with zero attached hydrogens (tertiary/aromatic N) is 3. The van der Waals surface area contributed by atoms with Crippen molar-refractivity contribution < 1.29 is 4.39 Å². The molecule has 0 bridgehead atoms. The molecular weight excluding hydrogens is 303 g/mol. The Kier molecular flexibility index (Phi) is 4.18. The molecule has 0 saturated carbocycles. The van der Waals surface area contributed by atoms with Crippen molar-refractivity contribution in [3.63, 3.8) is 0 Å². The van der Waals surface area contributed by atoms with E-state index < -0.39 is 0 Å². The molecule has 1 heterocycles. The van der Waals surface area contributed by atoms with Gasteiger partial charge in [-0.05, 0) is 29.8 Å². The second-order valence-electron chi connectivity index (χ2n) is 4.89. The van der Waals surface area contributed by atoms with Crippen molar-refractivity contribution in [3.8, 4) is 11.3 Å². The van der Waals surface area contributed by atoms with Gasteiger partial charge in [-0.1, -0.05) is 41.1 Å². The Balaban J connectivity index is 2.04. The first-order chi connectivity index (χ1) is 10.7. The van der Waals surface area contributed by atoms with Gasteiger partial charge in [0, 0.05) is 17.1 Å². The lowest BCUT2D eigenvalue weighted by Gasteiger charge is -2.08. The smallest absolute Gasteiger partial charge is 0.123 e. The van der Waals surface area contributed by atoms with Crippen molar-refractivity contribution >= 4 is 11.6 Å². The number of nitrogens with two attached hydrogens (primary N) is 1. The largest absolute Gasteiger partial charge is 0.325 e. The number of halogens is 2. The normalized spacial score (nSPS) is 10.9. The third-order valence-electron chi connectivity index (χ3n) is 3.32. The van der Waals surface area contributed by atoms with Gasteiger partial charge in [0.25, 0.3) is 0 Å². The van der Waals surface area contributed by atoms with Crippen LogP contribution < -0.4 is 5.73 Å². The molecule has 22 heavy (non-hydrogen) atoms. The van der Waals surface area contributed by atoms with Gasteiger partial charge in [0.15, 0.2) is 0 Å². The lowest BCUT2D eigenvalue weighted by molar-refractivity contribution is 0.615. The fourth-order valence-electron chi connectivity index (χ4n) is 2.36. The Morgan fingerprint density at radius 2 is 1.95 bits per heavy atom. The van der Waals surface area contributed by atoms with E-state index in [1.807, 2.05) is 24.3 Å². The number of rotatable bonds is 4. The summed E-state index contributed by atoms with van der Waals surface area (Å²) in [6.45, 7) is 0.678. The van der Waals surface area contributed by atoms with Gasteiger partial charge in [-0.3, -0.25) is 0 Å². The van der Waals surface area contributed by atoms with Gasteiger partial charge in [0.2, 0.25) is 0 Å². The molecule has 1 aromatic heterocycles. The van der Waals surface area contributed by atoms with Crippen LogP contribution in [-0.2, 0) is 13.1 Å². The van der Waals surface area contributed by atoms with Crippen LogP contribution in [-0.4, -0.2) is 15.0 Å². The van der Waals surface area contributed by atoms with E-state index in [0.717, 1.165) is 16.8 Å². The summed E-state index contributed by atoms with van der Waals surface area (Å²) in [6.07, 6.45) is 0. The number of hydrogen-bond acceptors (Lipinski definition) is 3. The first kappa shape index (κ1) is 14.7. The Hall–Kier alpha value is -2.24. The summed E-state index contributed by atoms with van der Waals surface area (Å²) in [4.78, 5) is 0. The van der Waals surface area contributed by atoms with Gasteiger partial charge in [-0.15, -0.1) is 5.10 Å². The molecule has 3 rings (SSSR count). The molecule has 0 saturated heterocycles. The molecule has 0 atom stereocenters. The lowest BCUT2D eigenvalue weighted by Crippen LogP contribution is -2.06. The van der Waals surface area contributed by atoms with Crippen LogP contribution in [0.4, 0.5) is 4.39 Å². The number of aromatic nitrogens is 3. The Bertz CT molecular complexity index is 800. The molecule has 4 nitrogen and oxygen atoms in total. The van der Waals surface area contributed by atoms with E-state index in [0.29, 0.717) is 17.3 Å². The van der Waals surface area contributed by atoms with Gasteiger partial charge in [-0.25, -0.2) is 9.07 Å². The SMILES string of the molecule is NCc1nnn(Cc2cccc(F)c2)c1-c1cccc(Cl)c1. The molecule has 0 spiro atoms. The molecule has 0 aliphatic heterocycles. The van der Waals surface area contributed by atoms with Crippen molar-refractivity contribution in [2.75, 3.05) is 0 Å². The molecule has 0 aliphatic carbocycles. The van der Waals surface area contributed by atoms with Gasteiger partial charge in [0.1, 0.15) is 11.5 Å². The molecule has 112 valence electrons. The van der Waals surface area contributed by atoms with E-state index in [1.165, 1.54) is 12.1 Å². The molecule has 2 N–H and O–H groups in total. The summed E-state index contributed by atoms with van der Waals surface area (Å²) in [7, 11) is 0. The standard InChI is InChI=1S/C16H14ClFN4/c17-13-5-2-4-12(8-13)16-15(9-19)20-21-22(16)10-11-3-1-6-14(18)7-11/h1-8H,9-10,19H2. The van der Waals surface area contributed by atoms with Crippen molar-refractivity contribution in [2.45, 2.75) is 13.1 Å². The van der Waals surface area contributed by atoms with Crippen LogP contribution in [0.5, 0.6) is 0 Å². The van der Waals surface area contributed by atoms with E-state index in [-0.39, 0.29) is 12.4 Å². The maximum Gasteiger partial charge on any atom is 0.123 e. The summed E-state index contributed by atoms with van der Waals surface area (Å²) in [5, 5.41) is 8.87. The highest BCUT2D eigenvalue weighted by molar-refractivity contribution is 6.30. The molecular formula is C16H14ClFN4. The summed E-state index contributed by atoms with van der Waals surface area (Å²) < 4.78 is 15.0. The second-order valence-corrected chi connectivity index (χ2v) is 5.32. The first-order valence-corrected chi connectivity index (χ1v) is 7.18. The fraction of sp³-hybridized carbons (Fsp3) is 0.125. The fourth-order valence-corrected chi connectivity index (χ4v) is 2.55. The van der Waals surface area contributed by atoms with Crippen molar-refractivity contribution in [2.24, 2.45) is 5.73 Å². The van der Waals surface area contributed by atoms with Crippen molar-refractivity contribution in [1.82, 2.24) is 15.0 Å². The van der Waals surface area contributed by atoms with Crippen LogP contribution in [0, 0.1) is 5.82 Å². The zero-order valence-corrected chi connectivity index (χ0v) is 12.5. The number of hydrogen-bond donors (Lipinski definition) is 1. The predicted molar refractivity (Wildman–Crippen MR) is 83.9 cm³/mol. The van der Waals surface area contributed by atoms with Crippen LogP contribution in [0.3, 0.4) is 0 Å². The minimum Gasteiger partial charge on any atom is -0.325 e. The quantitative estimate of drug-likeness (QED) is 0.804. The minimum absolute atomic E-state index is 0.269. The van der Waals surface area contributed by atoms with E-state index in [2.05, 4.69) is 10.3 Å². The van der Waals surface area contributed by atoms with Crippen LogP contribution >= 0.6 is 11.6 Å². The van der Waals surface area contributed by atoms with Crippen LogP contribution in [0.1, 0.15) is 11.3 Å². The monoisotopic (exact) mass is 316 g/mol. The molecule has 0 aliphatic rings. The highest BCUT2D eigenvalue weighted by Crippen LogP contribution is 2.25. The Morgan fingerprint density at radius 1 is 1.14 bits per heavy atom. The lowest BCUT2D eigenvalue weighted by atomic mass is 10.1. The maximum atomic E-state index is 13.3. The average Bonchev–Trinajstić information content (AvgIpc) is 2.90. The highest BCUT2D eigenvalue weighted by Gasteiger charge is 2.14. The zero-order valence-electron chi connectivity index (χ0n) is 11.7. The van der Waals surface area contributed by atoms with E-state index in [9.17, 15) is 4.39 Å². The molecule has 0 radical (unpaired) electrons. The van der Waals surface area contributed by atoms with Gasteiger partial charge >= 0.3 is 0 Å². The van der Waals surface area contributed by atoms with Crippen molar-refractivity contribution in [1.29, 1.82) is 0 Å². The third kappa shape index (κ3) is 3.00. The van der Waals surface area contributed by atoms with Crippen LogP contribution in [0.2, 0.25) is 5.02 Å². The van der Waals surface area contributed by atoms with Gasteiger partial charge in [0.05, 0.1) is 12.2 Å². The average molecular weight is 317 g/mol. The van der Waals surface area contributed by atoms with Crippen LogP contribution in [0.25, 0.3) is 11.3 Å². The van der Waals surface area contributed by atoms with E-state index in [4.69, 9.17) is 17.3 Å². The van der Waals surface area contributed by atoms with Crippen LogP contribution in [0.15, 0.2) is 48.5 Å². The summed E-state index contributed by atoms with van der Waals surface area (Å²) in [5.74, 6) is -0.277. The second kappa shape index (κ2) is 6.25. The number of benzene rings is 2. The van der Waals surface area contributed by atoms with E-state index >= 15 is 0 Å². The molecule has 0 amide bonds. The Labute approximate surface area is 132 Å². The molecule has 2 aromatic carbocycles. The molecule has 6 heteroatoms. The van der Waals surface area contributed by atoms with Gasteiger partial charge < -0.3 is 5.73 Å². The molecule has 0 unspecified atom stereocenters. The molecule has 3 aromatic rings. The molecule has 0 fully saturated rings. The van der Waals surface area contributed by atoms with Gasteiger partial charge in [-0.2, -0.15) is 0 Å². The predicted octanol–water partition coefficient (Wildman–Crippen LogP) is 3.24. The van der Waals surface area contributed by atoms with E-state index in [1.54, 1.807) is 16.8 Å². The van der Waals surface area contributed by atoms with Crippen molar-refractivity contribution in [3.05, 3.63) is 70.6 Å². The summed E-state index contributed by atoms with van der Waals surface area (Å²) in [5.41, 5.74) is 8.91. The third-order valence-corrected chi connectivity index (χ3v) is 3.55.